The van der Waals surface area contributed by atoms with Gasteiger partial charge >= 0.3 is 58.6 Å². The van der Waals surface area contributed by atoms with Gasteiger partial charge in [0.05, 0.1) is 30.4 Å². The average Bonchev–Trinajstić information content (AvgIpc) is 2.09. The van der Waals surface area contributed by atoms with Crippen molar-refractivity contribution >= 4 is 52.9 Å². The molecule has 0 bridgehead atoms. The van der Waals surface area contributed by atoms with E-state index in [1.165, 1.54) is 32.1 Å². The Labute approximate surface area is 146 Å². The van der Waals surface area contributed by atoms with Crippen molar-refractivity contribution in [1.82, 2.24) is 0 Å². The molecular formula is C9H20O9S3Sn. The van der Waals surface area contributed by atoms with E-state index in [1.54, 1.807) is 22.5 Å². The summed E-state index contributed by atoms with van der Waals surface area (Å²) in [5.74, 6) is 0. The van der Waals surface area contributed by atoms with Gasteiger partial charge in [-0.2, -0.15) is 0 Å². The van der Waals surface area contributed by atoms with Gasteiger partial charge in [-0.15, -0.1) is 0 Å². The standard InChI is InChI=1S/C6H11.3CH4O3S.Sn/c1-2-4-6-5-3-1;3*1-5(2,3)4;/h1H,2-6H2;3*1H3,(H,2,3,4);/q;;;;+3/p-3. The van der Waals surface area contributed by atoms with Crippen LogP contribution in [0.2, 0.25) is 3.93 Å². The summed E-state index contributed by atoms with van der Waals surface area (Å²) < 4.78 is 82.8. The zero-order valence-corrected chi connectivity index (χ0v) is 17.8. The van der Waals surface area contributed by atoms with Gasteiger partial charge in [0.15, 0.2) is 0 Å². The van der Waals surface area contributed by atoms with Gasteiger partial charge in [0, 0.05) is 18.8 Å². The molecule has 0 aromatic rings. The number of hydrogen-bond donors (Lipinski definition) is 0. The summed E-state index contributed by atoms with van der Waals surface area (Å²) in [7, 11) is -11.8. The third-order valence-corrected chi connectivity index (χ3v) is 3.25. The molecule has 0 aromatic carbocycles. The number of hydrogen-bond acceptors (Lipinski definition) is 9. The first-order valence-corrected chi connectivity index (χ1v) is 12.9. The fourth-order valence-electron chi connectivity index (χ4n) is 1.10. The first-order valence-electron chi connectivity index (χ1n) is 5.83. The fourth-order valence-corrected chi connectivity index (χ4v) is 2.27. The minimum atomic E-state index is -3.92. The molecule has 1 aliphatic rings. The van der Waals surface area contributed by atoms with Crippen LogP contribution in [0, 0.1) is 0 Å². The molecule has 0 radical (unpaired) electrons. The predicted molar refractivity (Wildman–Crippen MR) is 79.5 cm³/mol. The molecule has 0 amide bonds. The van der Waals surface area contributed by atoms with Crippen LogP contribution in [0.1, 0.15) is 32.1 Å². The molecule has 1 rings (SSSR count). The van der Waals surface area contributed by atoms with E-state index >= 15 is 0 Å². The van der Waals surface area contributed by atoms with Crippen LogP contribution in [0.15, 0.2) is 0 Å². The second-order valence-electron chi connectivity index (χ2n) is 4.45. The topological polar surface area (TPSA) is 172 Å². The van der Waals surface area contributed by atoms with Crippen LogP contribution < -0.4 is 0 Å². The molecule has 0 spiro atoms. The second-order valence-corrected chi connectivity index (χ2v) is 11.0. The van der Waals surface area contributed by atoms with E-state index in [0.717, 1.165) is 3.93 Å². The summed E-state index contributed by atoms with van der Waals surface area (Å²) in [5.41, 5.74) is 0. The Balaban J connectivity index is -0.000000223. The average molecular weight is 487 g/mol. The second kappa shape index (κ2) is 12.9. The summed E-state index contributed by atoms with van der Waals surface area (Å²) in [5, 5.41) is 0. The molecule has 9 nitrogen and oxygen atoms in total. The molecule has 0 heterocycles. The molecule has 13 heteroatoms. The van der Waals surface area contributed by atoms with Crippen molar-refractivity contribution in [3.8, 4) is 0 Å². The van der Waals surface area contributed by atoms with Crippen molar-refractivity contribution in [2.75, 3.05) is 18.8 Å². The van der Waals surface area contributed by atoms with E-state index in [9.17, 15) is 0 Å². The summed E-state index contributed by atoms with van der Waals surface area (Å²) >= 11 is 1.77. The van der Waals surface area contributed by atoms with Gasteiger partial charge in [-0.1, -0.05) is 0 Å². The zero-order chi connectivity index (χ0) is 18.6. The maximum absolute atomic E-state index is 9.08. The van der Waals surface area contributed by atoms with Crippen LogP contribution in [0.5, 0.6) is 0 Å². The SMILES string of the molecule is CS(=O)(=O)[O-].CS(=O)(=O)[O-].CS(=O)(=O)[O-].[Sn+3][CH]1CCCCC1. The molecule has 22 heavy (non-hydrogen) atoms. The van der Waals surface area contributed by atoms with Crippen LogP contribution >= 0.6 is 0 Å². The molecule has 0 atom stereocenters. The Hall–Kier alpha value is 0.529. The van der Waals surface area contributed by atoms with Crippen LogP contribution in [-0.4, -0.2) is 80.2 Å². The molecule has 0 aliphatic heterocycles. The molecule has 0 unspecified atom stereocenters. The van der Waals surface area contributed by atoms with Gasteiger partial charge < -0.3 is 13.7 Å². The van der Waals surface area contributed by atoms with E-state index in [0.29, 0.717) is 18.8 Å². The third kappa shape index (κ3) is 108. The van der Waals surface area contributed by atoms with Crippen molar-refractivity contribution < 1.29 is 38.9 Å². The van der Waals surface area contributed by atoms with Crippen molar-refractivity contribution in [1.29, 1.82) is 0 Å². The summed E-state index contributed by atoms with van der Waals surface area (Å²) in [6.07, 6.45) is 9.39. The Morgan fingerprint density at radius 2 is 0.864 bits per heavy atom. The van der Waals surface area contributed by atoms with Gasteiger partial charge in [-0.3, -0.25) is 0 Å². The van der Waals surface area contributed by atoms with E-state index in [-0.39, 0.29) is 0 Å². The van der Waals surface area contributed by atoms with Gasteiger partial charge in [0.25, 0.3) is 0 Å². The number of rotatable bonds is 0. The molecule has 0 saturated heterocycles. The van der Waals surface area contributed by atoms with Crippen LogP contribution in [-0.2, 0) is 30.4 Å². The molecule has 1 saturated carbocycles. The van der Waals surface area contributed by atoms with Gasteiger partial charge in [-0.05, 0) is 0 Å². The summed E-state index contributed by atoms with van der Waals surface area (Å²) in [6, 6.07) is 0. The van der Waals surface area contributed by atoms with Crippen LogP contribution in [0.4, 0.5) is 0 Å². The monoisotopic (exact) mass is 488 g/mol. The quantitative estimate of drug-likeness (QED) is 0.319. The third-order valence-electron chi connectivity index (χ3n) is 1.61. The van der Waals surface area contributed by atoms with Gasteiger partial charge in [0.1, 0.15) is 0 Å². The van der Waals surface area contributed by atoms with Crippen molar-refractivity contribution in [3.05, 3.63) is 0 Å². The van der Waals surface area contributed by atoms with Crippen molar-refractivity contribution in [2.24, 2.45) is 0 Å². The van der Waals surface area contributed by atoms with Crippen LogP contribution in [0.3, 0.4) is 0 Å². The van der Waals surface area contributed by atoms with Gasteiger partial charge in [0.2, 0.25) is 0 Å². The Bertz CT molecular complexity index is 464. The first kappa shape index (κ1) is 27.4. The Morgan fingerprint density at radius 1 is 0.682 bits per heavy atom. The van der Waals surface area contributed by atoms with Crippen LogP contribution in [0.25, 0.3) is 0 Å². The Morgan fingerprint density at radius 3 is 0.955 bits per heavy atom. The van der Waals surface area contributed by atoms with E-state index < -0.39 is 30.4 Å². The molecule has 1 fully saturated rings. The molecule has 1 aliphatic carbocycles. The van der Waals surface area contributed by atoms with Gasteiger partial charge in [-0.25, -0.2) is 25.3 Å². The molecule has 0 N–H and O–H groups in total. The molecule has 0 aromatic heterocycles. The van der Waals surface area contributed by atoms with Crippen molar-refractivity contribution in [2.45, 2.75) is 36.0 Å². The molecule has 132 valence electrons. The van der Waals surface area contributed by atoms with E-state index in [1.807, 2.05) is 0 Å². The molecular weight excluding hydrogens is 467 g/mol. The summed E-state index contributed by atoms with van der Waals surface area (Å²) in [4.78, 5) is 0. The minimum absolute atomic E-state index is 0.604. The van der Waals surface area contributed by atoms with E-state index in [2.05, 4.69) is 0 Å². The fraction of sp³-hybridized carbons (Fsp3) is 1.00. The Kier molecular flexibility index (Phi) is 16.0. The van der Waals surface area contributed by atoms with Crippen molar-refractivity contribution in [3.63, 3.8) is 0 Å². The zero-order valence-electron chi connectivity index (χ0n) is 12.5. The predicted octanol–water partition coefficient (Wildman–Crippen LogP) is -0.608. The van der Waals surface area contributed by atoms with E-state index in [4.69, 9.17) is 38.9 Å². The normalized spacial score (nSPS) is 16.0. The maximum atomic E-state index is 9.08. The first-order chi connectivity index (χ1) is 9.39. The summed E-state index contributed by atoms with van der Waals surface area (Å²) in [6.45, 7) is 0.